The predicted octanol–water partition coefficient (Wildman–Crippen LogP) is -0.291. The number of rotatable bonds is 2. The van der Waals surface area contributed by atoms with E-state index in [2.05, 4.69) is 0 Å². The van der Waals surface area contributed by atoms with Crippen molar-refractivity contribution in [2.45, 2.75) is 31.1 Å². The quantitative estimate of drug-likeness (QED) is 0.746. The van der Waals surface area contributed by atoms with E-state index in [9.17, 15) is 22.8 Å². The molecule has 2 N–H and O–H groups in total. The summed E-state index contributed by atoms with van der Waals surface area (Å²) in [5.41, 5.74) is 5.10. The van der Waals surface area contributed by atoms with Crippen molar-refractivity contribution >= 4 is 11.8 Å². The van der Waals surface area contributed by atoms with Crippen molar-refractivity contribution in [1.82, 2.24) is 9.80 Å². The van der Waals surface area contributed by atoms with Gasteiger partial charge in [0.05, 0.1) is 0 Å². The average molecular weight is 265 g/mol. The van der Waals surface area contributed by atoms with Crippen molar-refractivity contribution in [3.05, 3.63) is 0 Å². The maximum absolute atomic E-state index is 12.8. The van der Waals surface area contributed by atoms with E-state index in [1.54, 1.807) is 0 Å². The topological polar surface area (TPSA) is 66.6 Å². The van der Waals surface area contributed by atoms with Crippen molar-refractivity contribution in [2.75, 3.05) is 19.6 Å². The third-order valence-corrected chi connectivity index (χ3v) is 3.42. The Hall–Kier alpha value is -1.31. The third-order valence-electron chi connectivity index (χ3n) is 3.42. The van der Waals surface area contributed by atoms with Crippen LogP contribution in [0.25, 0.3) is 0 Å². The van der Waals surface area contributed by atoms with E-state index >= 15 is 0 Å². The number of carbonyl (C=O) groups excluding carboxylic acids is 2. The summed E-state index contributed by atoms with van der Waals surface area (Å²) >= 11 is 0. The molecule has 2 aliphatic heterocycles. The summed E-state index contributed by atoms with van der Waals surface area (Å²) in [4.78, 5) is 25.6. The standard InChI is InChI=1S/C10H14F3N3O2/c11-10(12,13)7(4-14)16-5-8(17)15-3-1-2-6(15)9(16)18/h6-7H,1-5,14H2. The molecule has 2 unspecified atom stereocenters. The summed E-state index contributed by atoms with van der Waals surface area (Å²) < 4.78 is 38.3. The van der Waals surface area contributed by atoms with Gasteiger partial charge in [-0.05, 0) is 12.8 Å². The molecular weight excluding hydrogens is 251 g/mol. The summed E-state index contributed by atoms with van der Waals surface area (Å²) in [6, 6.07) is -2.81. The van der Waals surface area contributed by atoms with Gasteiger partial charge in [0, 0.05) is 13.1 Å². The van der Waals surface area contributed by atoms with Crippen molar-refractivity contribution < 1.29 is 22.8 Å². The number of nitrogens with two attached hydrogens (primary N) is 1. The van der Waals surface area contributed by atoms with Crippen molar-refractivity contribution in [3.8, 4) is 0 Å². The lowest BCUT2D eigenvalue weighted by Gasteiger charge is -2.40. The van der Waals surface area contributed by atoms with Crippen LogP contribution in [-0.4, -0.2) is 59.5 Å². The van der Waals surface area contributed by atoms with Gasteiger partial charge < -0.3 is 15.5 Å². The molecule has 0 spiro atoms. The Morgan fingerprint density at radius 2 is 2.06 bits per heavy atom. The van der Waals surface area contributed by atoms with Gasteiger partial charge in [0.15, 0.2) is 0 Å². The minimum Gasteiger partial charge on any atom is -0.329 e. The summed E-state index contributed by atoms with van der Waals surface area (Å²) in [7, 11) is 0. The fraction of sp³-hybridized carbons (Fsp3) is 0.800. The van der Waals surface area contributed by atoms with Gasteiger partial charge in [-0.2, -0.15) is 13.2 Å². The zero-order valence-electron chi connectivity index (χ0n) is 9.61. The van der Waals surface area contributed by atoms with Gasteiger partial charge >= 0.3 is 6.18 Å². The second kappa shape index (κ2) is 4.42. The van der Waals surface area contributed by atoms with Crippen molar-refractivity contribution in [2.24, 2.45) is 5.73 Å². The molecule has 2 aliphatic rings. The fourth-order valence-electron chi connectivity index (χ4n) is 2.53. The van der Waals surface area contributed by atoms with Crippen molar-refractivity contribution in [3.63, 3.8) is 0 Å². The molecule has 0 radical (unpaired) electrons. The third kappa shape index (κ3) is 2.05. The second-order valence-electron chi connectivity index (χ2n) is 4.50. The Morgan fingerprint density at radius 1 is 1.39 bits per heavy atom. The number of fused-ring (bicyclic) bond motifs is 1. The number of piperazine rings is 1. The first-order valence-electron chi connectivity index (χ1n) is 5.73. The Bertz CT molecular complexity index is 372. The van der Waals surface area contributed by atoms with Crippen LogP contribution in [0.1, 0.15) is 12.8 Å². The van der Waals surface area contributed by atoms with Crippen LogP contribution in [0.5, 0.6) is 0 Å². The molecule has 2 saturated heterocycles. The minimum absolute atomic E-state index is 0.427. The average Bonchev–Trinajstić information content (AvgIpc) is 2.73. The normalized spacial score (nSPS) is 26.6. The smallest absolute Gasteiger partial charge is 0.329 e. The number of halogens is 3. The zero-order chi connectivity index (χ0) is 13.5. The van der Waals surface area contributed by atoms with Gasteiger partial charge in [0.1, 0.15) is 18.6 Å². The number of nitrogens with zero attached hydrogens (tertiary/aromatic N) is 2. The van der Waals surface area contributed by atoms with Gasteiger partial charge in [-0.1, -0.05) is 0 Å². The Balaban J connectivity index is 2.23. The molecule has 0 aliphatic carbocycles. The Kier molecular flexibility index (Phi) is 3.22. The van der Waals surface area contributed by atoms with E-state index in [1.807, 2.05) is 0 Å². The van der Waals surface area contributed by atoms with Crippen LogP contribution in [0.4, 0.5) is 13.2 Å². The lowest BCUT2D eigenvalue weighted by Crippen LogP contribution is -2.64. The van der Waals surface area contributed by atoms with E-state index < -0.39 is 43.2 Å². The van der Waals surface area contributed by atoms with Crippen LogP contribution in [0.3, 0.4) is 0 Å². The summed E-state index contributed by atoms with van der Waals surface area (Å²) in [6.07, 6.45) is -3.53. The van der Waals surface area contributed by atoms with E-state index in [1.165, 1.54) is 4.90 Å². The maximum Gasteiger partial charge on any atom is 0.410 e. The van der Waals surface area contributed by atoms with Crippen LogP contribution in [0, 0.1) is 0 Å². The zero-order valence-corrected chi connectivity index (χ0v) is 9.61. The van der Waals surface area contributed by atoms with Gasteiger partial charge in [-0.3, -0.25) is 9.59 Å². The first-order chi connectivity index (χ1) is 8.36. The summed E-state index contributed by atoms with van der Waals surface area (Å²) in [5.74, 6) is -1.07. The van der Waals surface area contributed by atoms with E-state index in [0.717, 1.165) is 0 Å². The molecule has 2 heterocycles. The molecule has 8 heteroatoms. The molecule has 2 rings (SSSR count). The number of hydrogen-bond donors (Lipinski definition) is 1. The molecule has 102 valence electrons. The van der Waals surface area contributed by atoms with Gasteiger partial charge in [0.25, 0.3) is 0 Å². The molecule has 0 aromatic heterocycles. The maximum atomic E-state index is 12.8. The highest BCUT2D eigenvalue weighted by Gasteiger charge is 2.51. The molecule has 0 saturated carbocycles. The molecule has 0 aromatic carbocycles. The lowest BCUT2D eigenvalue weighted by atomic mass is 10.1. The molecule has 0 aromatic rings. The lowest BCUT2D eigenvalue weighted by molar-refractivity contribution is -0.195. The van der Waals surface area contributed by atoms with Crippen LogP contribution in [0.2, 0.25) is 0 Å². The van der Waals surface area contributed by atoms with E-state index in [4.69, 9.17) is 5.73 Å². The van der Waals surface area contributed by atoms with E-state index in [-0.39, 0.29) is 0 Å². The monoisotopic (exact) mass is 265 g/mol. The number of amides is 2. The SMILES string of the molecule is NCC(N1CC(=O)N2CCCC2C1=O)C(F)(F)F. The number of carbonyl (C=O) groups is 2. The van der Waals surface area contributed by atoms with E-state index in [0.29, 0.717) is 24.3 Å². The second-order valence-corrected chi connectivity index (χ2v) is 4.50. The Labute approximate surface area is 102 Å². The number of hydrogen-bond acceptors (Lipinski definition) is 3. The molecule has 18 heavy (non-hydrogen) atoms. The highest BCUT2D eigenvalue weighted by molar-refractivity contribution is 5.95. The molecule has 5 nitrogen and oxygen atoms in total. The van der Waals surface area contributed by atoms with Crippen LogP contribution in [0.15, 0.2) is 0 Å². The first-order valence-corrected chi connectivity index (χ1v) is 5.73. The van der Waals surface area contributed by atoms with Crippen LogP contribution < -0.4 is 5.73 Å². The van der Waals surface area contributed by atoms with Gasteiger partial charge in [-0.15, -0.1) is 0 Å². The van der Waals surface area contributed by atoms with Crippen LogP contribution >= 0.6 is 0 Å². The molecule has 0 bridgehead atoms. The van der Waals surface area contributed by atoms with Crippen LogP contribution in [-0.2, 0) is 9.59 Å². The highest BCUT2D eigenvalue weighted by Crippen LogP contribution is 2.30. The fourth-order valence-corrected chi connectivity index (χ4v) is 2.53. The number of alkyl halides is 3. The summed E-state index contributed by atoms with van der Waals surface area (Å²) in [5, 5.41) is 0. The molecule has 2 fully saturated rings. The Morgan fingerprint density at radius 3 is 2.61 bits per heavy atom. The molecular formula is C10H14F3N3O2. The highest BCUT2D eigenvalue weighted by atomic mass is 19.4. The van der Waals surface area contributed by atoms with Gasteiger partial charge in [-0.25, -0.2) is 0 Å². The van der Waals surface area contributed by atoms with Gasteiger partial charge in [0.2, 0.25) is 11.8 Å². The first kappa shape index (κ1) is 13.1. The molecule has 2 amide bonds. The summed E-state index contributed by atoms with van der Waals surface area (Å²) in [6.45, 7) is -0.811. The largest absolute Gasteiger partial charge is 0.410 e. The predicted molar refractivity (Wildman–Crippen MR) is 55.3 cm³/mol. The molecule has 2 atom stereocenters. The van der Waals surface area contributed by atoms with Crippen molar-refractivity contribution in [1.29, 1.82) is 0 Å². The minimum atomic E-state index is -4.61.